The highest BCUT2D eigenvalue weighted by Gasteiger charge is 2.07. The van der Waals surface area contributed by atoms with Crippen molar-refractivity contribution in [1.29, 1.82) is 0 Å². The fourth-order valence-electron chi connectivity index (χ4n) is 2.20. The molecule has 1 heterocycles. The van der Waals surface area contributed by atoms with Crippen LogP contribution in [0.25, 0.3) is 10.9 Å². The summed E-state index contributed by atoms with van der Waals surface area (Å²) >= 11 is 7.37. The van der Waals surface area contributed by atoms with Gasteiger partial charge in [0.25, 0.3) is 5.56 Å². The molecule has 1 N–H and O–H groups in total. The van der Waals surface area contributed by atoms with Crippen molar-refractivity contribution in [2.75, 3.05) is 11.2 Å². The predicted molar refractivity (Wildman–Crippen MR) is 98.0 cm³/mol. The number of amides is 1. The van der Waals surface area contributed by atoms with E-state index in [1.54, 1.807) is 18.2 Å². The average Bonchev–Trinajstić information content (AvgIpc) is 2.58. The second kappa shape index (κ2) is 7.51. The second-order valence-electron chi connectivity index (χ2n) is 5.09. The Hall–Kier alpha value is -2.31. The molecule has 7 heteroatoms. The summed E-state index contributed by atoms with van der Waals surface area (Å²) in [5.41, 5.74) is 3.90. The van der Waals surface area contributed by atoms with Crippen LogP contribution >= 0.6 is 23.4 Å². The minimum Gasteiger partial charge on any atom is -0.272 e. The third-order valence-corrected chi connectivity index (χ3v) is 4.54. The predicted octanol–water partition coefficient (Wildman–Crippen LogP) is 3.05. The molecule has 0 radical (unpaired) electrons. The first-order valence-corrected chi connectivity index (χ1v) is 8.75. The van der Waals surface area contributed by atoms with Crippen LogP contribution in [0.4, 0.5) is 0 Å². The number of thioether (sulfide) groups is 1. The van der Waals surface area contributed by atoms with Crippen molar-refractivity contribution in [2.24, 2.45) is 0 Å². The molecule has 1 amide bonds. The topological polar surface area (TPSA) is 64.0 Å². The summed E-state index contributed by atoms with van der Waals surface area (Å²) in [6.07, 6.45) is 1.32. The van der Waals surface area contributed by atoms with E-state index in [4.69, 9.17) is 11.6 Å². The molecule has 0 unspecified atom stereocenters. The average molecular weight is 360 g/mol. The third kappa shape index (κ3) is 3.96. The highest BCUT2D eigenvalue weighted by molar-refractivity contribution is 7.99. The summed E-state index contributed by atoms with van der Waals surface area (Å²) < 4.78 is 1.12. The molecule has 0 aliphatic rings. The van der Waals surface area contributed by atoms with E-state index >= 15 is 0 Å². The Labute approximate surface area is 147 Å². The number of fused-ring (bicyclic) bond motifs is 1. The molecule has 3 aromatic rings. The lowest BCUT2D eigenvalue weighted by molar-refractivity contribution is -0.114. The molecule has 24 heavy (non-hydrogen) atoms. The number of benzene rings is 2. The molecule has 0 fully saturated rings. The van der Waals surface area contributed by atoms with Crippen LogP contribution in [0.3, 0.4) is 0 Å². The Kier molecular flexibility index (Phi) is 5.17. The second-order valence-corrected chi connectivity index (χ2v) is 6.52. The van der Waals surface area contributed by atoms with Gasteiger partial charge in [-0.15, -0.1) is 11.8 Å². The standard InChI is InChI=1S/C17H14ClN3O2S/c18-13-5-3-4-12(8-13)9-24-10-16(22)20-21-11-19-15-7-2-1-6-14(15)17(21)23/h1-8,11H,9-10H2,(H,20,22). The first-order valence-electron chi connectivity index (χ1n) is 7.22. The maximum absolute atomic E-state index is 12.3. The highest BCUT2D eigenvalue weighted by atomic mass is 35.5. The molecule has 2 aromatic carbocycles. The maximum Gasteiger partial charge on any atom is 0.280 e. The van der Waals surface area contributed by atoms with Gasteiger partial charge in [0.15, 0.2) is 0 Å². The lowest BCUT2D eigenvalue weighted by atomic mass is 10.2. The Morgan fingerprint density at radius 1 is 1.21 bits per heavy atom. The number of nitrogens with one attached hydrogen (secondary N) is 1. The van der Waals surface area contributed by atoms with E-state index in [9.17, 15) is 9.59 Å². The zero-order valence-corrected chi connectivity index (χ0v) is 14.2. The molecule has 5 nitrogen and oxygen atoms in total. The summed E-state index contributed by atoms with van der Waals surface area (Å²) in [7, 11) is 0. The van der Waals surface area contributed by atoms with Gasteiger partial charge in [-0.1, -0.05) is 35.9 Å². The molecule has 3 rings (SSSR count). The SMILES string of the molecule is O=C(CSCc1cccc(Cl)c1)Nn1cnc2ccccc2c1=O. The Morgan fingerprint density at radius 2 is 2.04 bits per heavy atom. The van der Waals surface area contributed by atoms with Crippen LogP contribution in [0.1, 0.15) is 5.56 Å². The minimum absolute atomic E-state index is 0.228. The molecule has 0 aliphatic carbocycles. The Morgan fingerprint density at radius 3 is 2.88 bits per heavy atom. The van der Waals surface area contributed by atoms with E-state index in [-0.39, 0.29) is 17.2 Å². The van der Waals surface area contributed by atoms with Crippen LogP contribution in [0.5, 0.6) is 0 Å². The first-order chi connectivity index (χ1) is 11.6. The Bertz CT molecular complexity index is 942. The van der Waals surface area contributed by atoms with Crippen molar-refractivity contribution in [1.82, 2.24) is 9.66 Å². The van der Waals surface area contributed by atoms with Crippen molar-refractivity contribution in [2.45, 2.75) is 5.75 Å². The summed E-state index contributed by atoms with van der Waals surface area (Å²) in [5, 5.41) is 1.14. The summed E-state index contributed by atoms with van der Waals surface area (Å²) in [5.74, 6) is 0.631. The monoisotopic (exact) mass is 359 g/mol. The van der Waals surface area contributed by atoms with Crippen molar-refractivity contribution in [3.63, 3.8) is 0 Å². The normalized spacial score (nSPS) is 10.7. The van der Waals surface area contributed by atoms with E-state index in [2.05, 4.69) is 10.4 Å². The number of carbonyl (C=O) groups excluding carboxylic acids is 1. The Balaban J connectivity index is 1.61. The van der Waals surface area contributed by atoms with Gasteiger partial charge in [0.1, 0.15) is 6.33 Å². The lowest BCUT2D eigenvalue weighted by Crippen LogP contribution is -2.34. The number of para-hydroxylation sites is 1. The van der Waals surface area contributed by atoms with Crippen LogP contribution < -0.4 is 11.0 Å². The molecule has 0 saturated heterocycles. The van der Waals surface area contributed by atoms with Crippen LogP contribution in [-0.2, 0) is 10.5 Å². The number of rotatable bonds is 5. The molecular weight excluding hydrogens is 346 g/mol. The molecule has 0 bridgehead atoms. The molecule has 0 saturated carbocycles. The van der Waals surface area contributed by atoms with Gasteiger partial charge in [0.05, 0.1) is 16.7 Å². The quantitative estimate of drug-likeness (QED) is 0.760. The number of nitrogens with zero attached hydrogens (tertiary/aromatic N) is 2. The fourth-order valence-corrected chi connectivity index (χ4v) is 3.18. The van der Waals surface area contributed by atoms with Gasteiger partial charge in [-0.25, -0.2) is 9.66 Å². The number of hydrogen-bond acceptors (Lipinski definition) is 4. The van der Waals surface area contributed by atoms with Crippen LogP contribution in [0, 0.1) is 0 Å². The van der Waals surface area contributed by atoms with Crippen molar-refractivity contribution in [3.8, 4) is 0 Å². The van der Waals surface area contributed by atoms with E-state index in [0.717, 1.165) is 10.2 Å². The van der Waals surface area contributed by atoms with Crippen molar-refractivity contribution < 1.29 is 4.79 Å². The fraction of sp³-hybridized carbons (Fsp3) is 0.118. The number of carbonyl (C=O) groups is 1. The molecule has 0 spiro atoms. The molecule has 0 aliphatic heterocycles. The van der Waals surface area contributed by atoms with Crippen LogP contribution in [-0.4, -0.2) is 21.3 Å². The van der Waals surface area contributed by atoms with Crippen molar-refractivity contribution in [3.05, 3.63) is 75.8 Å². The van der Waals surface area contributed by atoms with Gasteiger partial charge in [-0.2, -0.15) is 0 Å². The minimum atomic E-state index is -0.297. The first kappa shape index (κ1) is 16.5. The van der Waals surface area contributed by atoms with Crippen molar-refractivity contribution >= 4 is 40.2 Å². The molecule has 122 valence electrons. The van der Waals surface area contributed by atoms with E-state index in [1.165, 1.54) is 18.1 Å². The molecular formula is C17H14ClN3O2S. The zero-order chi connectivity index (χ0) is 16.9. The van der Waals surface area contributed by atoms with Gasteiger partial charge < -0.3 is 0 Å². The maximum atomic E-state index is 12.3. The molecule has 0 atom stereocenters. The summed E-state index contributed by atoms with van der Waals surface area (Å²) in [6, 6.07) is 14.5. The largest absolute Gasteiger partial charge is 0.280 e. The smallest absolute Gasteiger partial charge is 0.272 e. The third-order valence-electron chi connectivity index (χ3n) is 3.30. The summed E-state index contributed by atoms with van der Waals surface area (Å²) in [6.45, 7) is 0. The van der Waals surface area contributed by atoms with E-state index in [0.29, 0.717) is 21.7 Å². The van der Waals surface area contributed by atoms with Crippen LogP contribution in [0.15, 0.2) is 59.7 Å². The highest BCUT2D eigenvalue weighted by Crippen LogP contribution is 2.16. The van der Waals surface area contributed by atoms with E-state index in [1.807, 2.05) is 30.3 Å². The lowest BCUT2D eigenvalue weighted by Gasteiger charge is -2.08. The van der Waals surface area contributed by atoms with Gasteiger partial charge in [0, 0.05) is 10.8 Å². The summed E-state index contributed by atoms with van der Waals surface area (Å²) in [4.78, 5) is 28.5. The van der Waals surface area contributed by atoms with Crippen LogP contribution in [0.2, 0.25) is 5.02 Å². The van der Waals surface area contributed by atoms with E-state index < -0.39 is 0 Å². The number of hydrogen-bond donors (Lipinski definition) is 1. The number of halogens is 1. The van der Waals surface area contributed by atoms with Gasteiger partial charge in [0.2, 0.25) is 5.91 Å². The van der Waals surface area contributed by atoms with Gasteiger partial charge in [-0.05, 0) is 29.8 Å². The van der Waals surface area contributed by atoms with Gasteiger partial charge >= 0.3 is 0 Å². The zero-order valence-electron chi connectivity index (χ0n) is 12.6. The number of aromatic nitrogens is 2. The molecule has 1 aromatic heterocycles. The van der Waals surface area contributed by atoms with Gasteiger partial charge in [-0.3, -0.25) is 15.0 Å².